The van der Waals surface area contributed by atoms with Crippen molar-refractivity contribution in [3.05, 3.63) is 96.1 Å². The fourth-order valence-corrected chi connectivity index (χ4v) is 3.09. The number of esters is 1. The molecule has 33 heavy (non-hydrogen) atoms. The number of hydrogen-bond donors (Lipinski definition) is 1. The monoisotopic (exact) mass is 446 g/mol. The highest BCUT2D eigenvalue weighted by atomic mass is 16.5. The number of hydrogen-bond acceptors (Lipinski definition) is 5. The van der Waals surface area contributed by atoms with E-state index in [1.165, 1.54) is 11.8 Å². The fourth-order valence-electron chi connectivity index (χ4n) is 3.09. The Labute approximate surface area is 192 Å². The number of para-hydroxylation sites is 1. The molecule has 1 atom stereocenters. The molecule has 0 saturated carbocycles. The predicted molar refractivity (Wildman–Crippen MR) is 124 cm³/mol. The smallest absolute Gasteiger partial charge is 0.326 e. The summed E-state index contributed by atoms with van der Waals surface area (Å²) in [5, 5.41) is 2.50. The van der Waals surface area contributed by atoms with E-state index in [0.29, 0.717) is 23.6 Å². The van der Waals surface area contributed by atoms with Crippen LogP contribution in [-0.4, -0.2) is 42.4 Å². The van der Waals surface area contributed by atoms with E-state index < -0.39 is 18.0 Å². The largest absolute Gasteiger partial charge is 0.457 e. The molecule has 7 nitrogen and oxygen atoms in total. The summed E-state index contributed by atoms with van der Waals surface area (Å²) in [6.45, 7) is 1.57. The highest BCUT2D eigenvalue weighted by Crippen LogP contribution is 2.21. The van der Waals surface area contributed by atoms with Crippen LogP contribution in [0.1, 0.15) is 22.8 Å². The van der Waals surface area contributed by atoms with Crippen LogP contribution in [0.2, 0.25) is 0 Å². The van der Waals surface area contributed by atoms with Crippen molar-refractivity contribution in [1.82, 2.24) is 10.2 Å². The number of nitrogens with zero attached hydrogens (tertiary/aromatic N) is 1. The third-order valence-corrected chi connectivity index (χ3v) is 4.78. The average Bonchev–Trinajstić information content (AvgIpc) is 2.83. The van der Waals surface area contributed by atoms with Crippen LogP contribution in [0.15, 0.2) is 84.9 Å². The first-order valence-corrected chi connectivity index (χ1v) is 10.5. The molecule has 1 unspecified atom stereocenters. The number of rotatable bonds is 9. The van der Waals surface area contributed by atoms with Gasteiger partial charge in [0.15, 0.2) is 6.10 Å². The molecule has 3 aromatic rings. The van der Waals surface area contributed by atoms with Crippen LogP contribution in [0.3, 0.4) is 0 Å². The molecular weight excluding hydrogens is 420 g/mol. The Morgan fingerprint density at radius 1 is 0.848 bits per heavy atom. The van der Waals surface area contributed by atoms with Gasteiger partial charge in [0.1, 0.15) is 18.0 Å². The molecule has 0 bridgehead atoms. The van der Waals surface area contributed by atoms with E-state index in [2.05, 4.69) is 5.32 Å². The second kappa shape index (κ2) is 11.5. The number of ether oxygens (including phenoxy) is 2. The Morgan fingerprint density at radius 3 is 2.06 bits per heavy atom. The lowest BCUT2D eigenvalue weighted by atomic mass is 10.2. The van der Waals surface area contributed by atoms with E-state index in [-0.39, 0.29) is 12.5 Å². The number of carbonyl (C=O) groups is 3. The van der Waals surface area contributed by atoms with Crippen molar-refractivity contribution >= 4 is 17.8 Å². The van der Waals surface area contributed by atoms with Gasteiger partial charge in [-0.15, -0.1) is 0 Å². The van der Waals surface area contributed by atoms with Gasteiger partial charge in [0.05, 0.1) is 0 Å². The van der Waals surface area contributed by atoms with Gasteiger partial charge in [-0.05, 0) is 48.9 Å². The summed E-state index contributed by atoms with van der Waals surface area (Å²) in [7, 11) is 1.65. The van der Waals surface area contributed by atoms with Gasteiger partial charge in [0.25, 0.3) is 11.8 Å². The second-order valence-corrected chi connectivity index (χ2v) is 7.43. The molecule has 3 rings (SSSR count). The zero-order chi connectivity index (χ0) is 23.6. The van der Waals surface area contributed by atoms with E-state index >= 15 is 0 Å². The van der Waals surface area contributed by atoms with Crippen LogP contribution < -0.4 is 10.1 Å². The molecule has 0 fully saturated rings. The van der Waals surface area contributed by atoms with E-state index in [4.69, 9.17) is 9.47 Å². The Bertz CT molecular complexity index is 1070. The third kappa shape index (κ3) is 7.21. The second-order valence-electron chi connectivity index (χ2n) is 7.43. The van der Waals surface area contributed by atoms with Crippen LogP contribution >= 0.6 is 0 Å². The zero-order valence-corrected chi connectivity index (χ0v) is 18.6. The van der Waals surface area contributed by atoms with Gasteiger partial charge in [-0.1, -0.05) is 48.5 Å². The number of likely N-dealkylation sites (N-methyl/N-ethyl adjacent to an activating group) is 1. The van der Waals surface area contributed by atoms with E-state index in [0.717, 1.165) is 5.56 Å². The predicted octanol–water partition coefficient (Wildman–Crippen LogP) is 3.80. The molecule has 0 radical (unpaired) electrons. The van der Waals surface area contributed by atoms with Gasteiger partial charge in [-0.25, -0.2) is 0 Å². The molecule has 0 aromatic heterocycles. The quantitative estimate of drug-likeness (QED) is 0.506. The normalized spacial score (nSPS) is 11.2. The van der Waals surface area contributed by atoms with Gasteiger partial charge < -0.3 is 19.7 Å². The van der Waals surface area contributed by atoms with Crippen molar-refractivity contribution in [3.8, 4) is 11.5 Å². The zero-order valence-electron chi connectivity index (χ0n) is 18.6. The lowest BCUT2D eigenvalue weighted by Crippen LogP contribution is -2.39. The van der Waals surface area contributed by atoms with E-state index in [1.807, 2.05) is 60.7 Å². The van der Waals surface area contributed by atoms with Crippen LogP contribution in [0.5, 0.6) is 11.5 Å². The summed E-state index contributed by atoms with van der Waals surface area (Å²) < 4.78 is 10.9. The molecule has 7 heteroatoms. The van der Waals surface area contributed by atoms with Crippen LogP contribution in [0.25, 0.3) is 0 Å². The number of benzene rings is 3. The first kappa shape index (κ1) is 23.5. The minimum absolute atomic E-state index is 0.326. The third-order valence-electron chi connectivity index (χ3n) is 4.78. The summed E-state index contributed by atoms with van der Waals surface area (Å²) >= 11 is 0. The number of amides is 2. The summed E-state index contributed by atoms with van der Waals surface area (Å²) in [4.78, 5) is 38.4. The number of nitrogens with one attached hydrogen (secondary N) is 1. The molecule has 3 aromatic carbocycles. The summed E-state index contributed by atoms with van der Waals surface area (Å²) in [6, 6.07) is 25.3. The Hall–Kier alpha value is -4.13. The molecule has 0 heterocycles. The van der Waals surface area contributed by atoms with Crippen molar-refractivity contribution < 1.29 is 23.9 Å². The van der Waals surface area contributed by atoms with Crippen molar-refractivity contribution in [2.24, 2.45) is 0 Å². The molecule has 170 valence electrons. The Balaban J connectivity index is 1.43. The molecule has 0 aliphatic rings. The first-order valence-electron chi connectivity index (χ1n) is 10.5. The molecule has 0 spiro atoms. The number of carbonyl (C=O) groups excluding carboxylic acids is 3. The average molecular weight is 447 g/mol. The van der Waals surface area contributed by atoms with Gasteiger partial charge >= 0.3 is 5.97 Å². The van der Waals surface area contributed by atoms with Crippen LogP contribution in [0, 0.1) is 0 Å². The molecule has 2 amide bonds. The lowest BCUT2D eigenvalue weighted by molar-refractivity contribution is -0.157. The summed E-state index contributed by atoms with van der Waals surface area (Å²) in [6.07, 6.45) is -0.961. The van der Waals surface area contributed by atoms with Gasteiger partial charge in [0, 0.05) is 19.2 Å². The van der Waals surface area contributed by atoms with Gasteiger partial charge in [-0.2, -0.15) is 0 Å². The maximum Gasteiger partial charge on any atom is 0.326 e. The van der Waals surface area contributed by atoms with Gasteiger partial charge in [-0.3, -0.25) is 14.4 Å². The molecular formula is C26H26N2O5. The highest BCUT2D eigenvalue weighted by Gasteiger charge is 2.22. The van der Waals surface area contributed by atoms with Crippen LogP contribution in [0.4, 0.5) is 0 Å². The fraction of sp³-hybridized carbons (Fsp3) is 0.192. The van der Waals surface area contributed by atoms with E-state index in [1.54, 1.807) is 31.3 Å². The summed E-state index contributed by atoms with van der Waals surface area (Å²) in [5.74, 6) is -0.174. The Morgan fingerprint density at radius 2 is 1.42 bits per heavy atom. The first-order chi connectivity index (χ1) is 15.9. The topological polar surface area (TPSA) is 84.9 Å². The maximum atomic E-state index is 12.5. The molecule has 0 aliphatic carbocycles. The minimum Gasteiger partial charge on any atom is -0.457 e. The van der Waals surface area contributed by atoms with Crippen molar-refractivity contribution in [3.63, 3.8) is 0 Å². The molecule has 0 aliphatic heterocycles. The molecule has 1 N–H and O–H groups in total. The lowest BCUT2D eigenvalue weighted by Gasteiger charge is -2.21. The van der Waals surface area contributed by atoms with Crippen molar-refractivity contribution in [2.75, 3.05) is 13.6 Å². The minimum atomic E-state index is -0.961. The maximum absolute atomic E-state index is 12.5. The SMILES string of the molecule is CC(OC(=O)CNC(=O)c1ccc(Oc2ccccc2)cc1)C(=O)N(C)Cc1ccccc1. The highest BCUT2D eigenvalue weighted by molar-refractivity contribution is 5.96. The standard InChI is InChI=1S/C26H26N2O5/c1-19(26(31)28(2)18-20-9-5-3-6-10-20)32-24(29)17-27-25(30)21-13-15-23(16-14-21)33-22-11-7-4-8-12-22/h3-16,19H,17-18H2,1-2H3,(H,27,30). The van der Waals surface area contributed by atoms with Gasteiger partial charge in [0.2, 0.25) is 0 Å². The van der Waals surface area contributed by atoms with E-state index in [9.17, 15) is 14.4 Å². The van der Waals surface area contributed by atoms with Crippen molar-refractivity contribution in [1.29, 1.82) is 0 Å². The Kier molecular flexibility index (Phi) is 8.18. The molecule has 0 saturated heterocycles. The van der Waals surface area contributed by atoms with Crippen LogP contribution in [-0.2, 0) is 20.9 Å². The summed E-state index contributed by atoms with van der Waals surface area (Å²) in [5.41, 5.74) is 1.34. The van der Waals surface area contributed by atoms with Crippen molar-refractivity contribution in [2.45, 2.75) is 19.6 Å².